The van der Waals surface area contributed by atoms with E-state index in [1.165, 1.54) is 7.11 Å². The lowest BCUT2D eigenvalue weighted by molar-refractivity contribution is -0.121. The number of benzene rings is 1. The van der Waals surface area contributed by atoms with Crippen LogP contribution in [-0.2, 0) is 16.0 Å². The smallest absolute Gasteiger partial charge is 0.224 e. The molecule has 0 spiro atoms. The fraction of sp³-hybridized carbons (Fsp3) is 0.400. The minimum Gasteiger partial charge on any atom is -0.464 e. The molecule has 1 amide bonds. The van der Waals surface area contributed by atoms with Gasteiger partial charge in [-0.05, 0) is 18.6 Å². The first kappa shape index (κ1) is 14.6. The van der Waals surface area contributed by atoms with Crippen LogP contribution < -0.4 is 5.32 Å². The number of nitrogens with one attached hydrogen (secondary N) is 1. The molecular weight excluding hydrogens is 258 g/mol. The molecule has 1 unspecified atom stereocenters. The summed E-state index contributed by atoms with van der Waals surface area (Å²) in [6, 6.07) is 5.89. The van der Waals surface area contributed by atoms with Crippen LogP contribution in [-0.4, -0.2) is 37.4 Å². The quantitative estimate of drug-likeness (QED) is 0.837. The second-order valence-corrected chi connectivity index (χ2v) is 4.85. The van der Waals surface area contributed by atoms with E-state index in [0.717, 1.165) is 22.1 Å². The Morgan fingerprint density at radius 2 is 2.30 bits per heavy atom. The summed E-state index contributed by atoms with van der Waals surface area (Å²) < 4.78 is 10.2. The first-order chi connectivity index (χ1) is 9.60. The highest BCUT2D eigenvalue weighted by Gasteiger charge is 2.11. The van der Waals surface area contributed by atoms with Crippen molar-refractivity contribution in [2.24, 2.45) is 0 Å². The molecule has 0 aliphatic heterocycles. The van der Waals surface area contributed by atoms with Crippen molar-refractivity contribution >= 4 is 16.9 Å². The van der Waals surface area contributed by atoms with Crippen LogP contribution in [0.15, 0.2) is 28.9 Å². The predicted octanol–water partition coefficient (Wildman–Crippen LogP) is 1.41. The lowest BCUT2D eigenvalue weighted by atomic mass is 10.1. The number of aliphatic hydroxyl groups is 1. The number of fused-ring (bicyclic) bond motifs is 1. The predicted molar refractivity (Wildman–Crippen MR) is 75.5 cm³/mol. The first-order valence-corrected chi connectivity index (χ1v) is 6.50. The Bertz CT molecular complexity index is 591. The van der Waals surface area contributed by atoms with Crippen molar-refractivity contribution in [1.29, 1.82) is 0 Å². The first-order valence-electron chi connectivity index (χ1n) is 6.50. The maximum absolute atomic E-state index is 11.8. The van der Waals surface area contributed by atoms with Crippen molar-refractivity contribution in [2.45, 2.75) is 19.4 Å². The van der Waals surface area contributed by atoms with Gasteiger partial charge in [-0.1, -0.05) is 12.1 Å². The van der Waals surface area contributed by atoms with Gasteiger partial charge in [0.15, 0.2) is 0 Å². The molecule has 108 valence electrons. The van der Waals surface area contributed by atoms with Crippen molar-refractivity contribution in [2.75, 3.05) is 20.3 Å². The van der Waals surface area contributed by atoms with E-state index in [1.807, 2.05) is 25.1 Å². The van der Waals surface area contributed by atoms with Gasteiger partial charge in [-0.2, -0.15) is 0 Å². The second kappa shape index (κ2) is 6.54. The number of rotatable bonds is 6. The molecule has 0 bridgehead atoms. The molecule has 20 heavy (non-hydrogen) atoms. The van der Waals surface area contributed by atoms with Crippen molar-refractivity contribution in [3.05, 3.63) is 35.6 Å². The molecule has 5 nitrogen and oxygen atoms in total. The third-order valence-corrected chi connectivity index (χ3v) is 3.06. The number of carbonyl (C=O) groups is 1. The highest BCUT2D eigenvalue weighted by Crippen LogP contribution is 2.22. The summed E-state index contributed by atoms with van der Waals surface area (Å²) in [6.45, 7) is 2.38. The highest BCUT2D eigenvalue weighted by atomic mass is 16.5. The number of methoxy groups -OCH3 is 1. The molecule has 0 fully saturated rings. The van der Waals surface area contributed by atoms with E-state index in [1.54, 1.807) is 6.26 Å². The zero-order chi connectivity index (χ0) is 14.5. The Labute approximate surface area is 117 Å². The van der Waals surface area contributed by atoms with Crippen LogP contribution in [0.1, 0.15) is 11.1 Å². The fourth-order valence-corrected chi connectivity index (χ4v) is 2.05. The van der Waals surface area contributed by atoms with Gasteiger partial charge in [-0.15, -0.1) is 0 Å². The SMILES string of the molecule is COCC(O)CNC(=O)Cc1coc2cc(C)ccc12. The van der Waals surface area contributed by atoms with Crippen molar-refractivity contribution in [3.63, 3.8) is 0 Å². The van der Waals surface area contributed by atoms with Gasteiger partial charge in [-0.3, -0.25) is 4.79 Å². The molecule has 1 aromatic carbocycles. The molecule has 0 saturated heterocycles. The molecule has 5 heteroatoms. The molecule has 2 aromatic rings. The molecule has 0 aliphatic rings. The summed E-state index contributed by atoms with van der Waals surface area (Å²) in [4.78, 5) is 11.8. The number of ether oxygens (including phenoxy) is 1. The van der Waals surface area contributed by atoms with Gasteiger partial charge >= 0.3 is 0 Å². The average molecular weight is 277 g/mol. The Kier molecular flexibility index (Phi) is 4.76. The van der Waals surface area contributed by atoms with Gasteiger partial charge < -0.3 is 19.6 Å². The van der Waals surface area contributed by atoms with Crippen LogP contribution in [0.3, 0.4) is 0 Å². The molecule has 0 saturated carbocycles. The normalized spacial score (nSPS) is 12.6. The van der Waals surface area contributed by atoms with Crippen LogP contribution in [0.2, 0.25) is 0 Å². The van der Waals surface area contributed by atoms with E-state index in [2.05, 4.69) is 5.32 Å². The number of carbonyl (C=O) groups excluding carboxylic acids is 1. The summed E-state index contributed by atoms with van der Waals surface area (Å²) >= 11 is 0. The Morgan fingerprint density at radius 3 is 3.05 bits per heavy atom. The topological polar surface area (TPSA) is 71.7 Å². The second-order valence-electron chi connectivity index (χ2n) is 4.85. The van der Waals surface area contributed by atoms with E-state index >= 15 is 0 Å². The van der Waals surface area contributed by atoms with E-state index in [9.17, 15) is 9.90 Å². The van der Waals surface area contributed by atoms with Crippen molar-refractivity contribution in [1.82, 2.24) is 5.32 Å². The fourth-order valence-electron chi connectivity index (χ4n) is 2.05. The van der Waals surface area contributed by atoms with Crippen LogP contribution in [0.25, 0.3) is 11.0 Å². The minimum absolute atomic E-state index is 0.150. The number of furan rings is 1. The lowest BCUT2D eigenvalue weighted by Crippen LogP contribution is -2.35. The molecule has 0 aliphatic carbocycles. The van der Waals surface area contributed by atoms with E-state index < -0.39 is 6.10 Å². The molecule has 0 radical (unpaired) electrons. The van der Waals surface area contributed by atoms with E-state index in [-0.39, 0.29) is 25.5 Å². The summed E-state index contributed by atoms with van der Waals surface area (Å²) in [6.07, 6.45) is 1.15. The Balaban J connectivity index is 1.96. The van der Waals surface area contributed by atoms with Gasteiger partial charge in [-0.25, -0.2) is 0 Å². The van der Waals surface area contributed by atoms with Gasteiger partial charge in [0, 0.05) is 24.6 Å². The van der Waals surface area contributed by atoms with Gasteiger partial charge in [0.2, 0.25) is 5.91 Å². The summed E-state index contributed by atoms with van der Waals surface area (Å²) in [5.74, 6) is -0.150. The number of hydrogen-bond acceptors (Lipinski definition) is 4. The largest absolute Gasteiger partial charge is 0.464 e. The third-order valence-electron chi connectivity index (χ3n) is 3.06. The van der Waals surface area contributed by atoms with Crippen molar-refractivity contribution in [3.8, 4) is 0 Å². The van der Waals surface area contributed by atoms with Crippen LogP contribution >= 0.6 is 0 Å². The summed E-state index contributed by atoms with van der Waals surface area (Å²) in [7, 11) is 1.50. The third kappa shape index (κ3) is 3.59. The molecule has 2 N–H and O–H groups in total. The Morgan fingerprint density at radius 1 is 1.50 bits per heavy atom. The molecule has 2 rings (SSSR count). The Hall–Kier alpha value is -1.85. The van der Waals surface area contributed by atoms with Crippen LogP contribution in [0.4, 0.5) is 0 Å². The molecule has 1 atom stereocenters. The van der Waals surface area contributed by atoms with Gasteiger partial charge in [0.05, 0.1) is 25.4 Å². The zero-order valence-electron chi connectivity index (χ0n) is 11.7. The van der Waals surface area contributed by atoms with Crippen LogP contribution in [0.5, 0.6) is 0 Å². The van der Waals surface area contributed by atoms with E-state index in [4.69, 9.17) is 9.15 Å². The number of hydrogen-bond donors (Lipinski definition) is 2. The standard InChI is InChI=1S/C15H19NO4/c1-10-3-4-13-11(8-20-14(13)5-10)6-15(18)16-7-12(17)9-19-2/h3-5,8,12,17H,6-7,9H2,1-2H3,(H,16,18). The highest BCUT2D eigenvalue weighted by molar-refractivity contribution is 5.87. The van der Waals surface area contributed by atoms with E-state index in [0.29, 0.717) is 0 Å². The zero-order valence-corrected chi connectivity index (χ0v) is 11.7. The molecule has 1 aromatic heterocycles. The number of aryl methyl sites for hydroxylation is 1. The molecular formula is C15H19NO4. The van der Waals surface area contributed by atoms with Gasteiger partial charge in [0.25, 0.3) is 0 Å². The lowest BCUT2D eigenvalue weighted by Gasteiger charge is -2.10. The number of aliphatic hydroxyl groups excluding tert-OH is 1. The van der Waals surface area contributed by atoms with Gasteiger partial charge in [0.1, 0.15) is 5.58 Å². The summed E-state index contributed by atoms with van der Waals surface area (Å²) in [5.41, 5.74) is 2.75. The minimum atomic E-state index is -0.687. The maximum atomic E-state index is 11.8. The monoisotopic (exact) mass is 277 g/mol. The number of amides is 1. The van der Waals surface area contributed by atoms with Crippen molar-refractivity contribution < 1.29 is 19.1 Å². The van der Waals surface area contributed by atoms with Crippen LogP contribution in [0, 0.1) is 6.92 Å². The molecule has 1 heterocycles. The summed E-state index contributed by atoms with van der Waals surface area (Å²) in [5, 5.41) is 13.1. The average Bonchev–Trinajstić information content (AvgIpc) is 2.79. The maximum Gasteiger partial charge on any atom is 0.224 e.